The highest BCUT2D eigenvalue weighted by molar-refractivity contribution is 5.93. The number of piperidine rings is 1. The van der Waals surface area contributed by atoms with Crippen molar-refractivity contribution in [3.8, 4) is 11.5 Å². The fraction of sp³-hybridized carbons (Fsp3) is 0.375. The number of ether oxygens (including phenoxy) is 2. The molecule has 1 aliphatic heterocycles. The van der Waals surface area contributed by atoms with E-state index in [1.165, 1.54) is 12.1 Å². The lowest BCUT2D eigenvalue weighted by Gasteiger charge is -2.25. The molecule has 0 spiro atoms. The molecule has 0 unspecified atom stereocenters. The van der Waals surface area contributed by atoms with E-state index in [-0.39, 0.29) is 11.7 Å². The maximum atomic E-state index is 14.6. The Bertz CT molecular complexity index is 1090. The average molecular weight is 445 g/mol. The highest BCUT2D eigenvalue weighted by Gasteiger charge is 2.21. The van der Waals surface area contributed by atoms with Gasteiger partial charge in [0.25, 0.3) is 6.43 Å². The summed E-state index contributed by atoms with van der Waals surface area (Å²) in [7, 11) is 1.58. The number of nitrogens with zero attached hydrogens (tertiary/aromatic N) is 1. The van der Waals surface area contributed by atoms with Crippen LogP contribution in [0.3, 0.4) is 0 Å². The normalized spacial score (nSPS) is 15.7. The number of rotatable bonds is 7. The van der Waals surface area contributed by atoms with Gasteiger partial charge in [0, 0.05) is 28.9 Å². The third-order valence-corrected chi connectivity index (χ3v) is 5.74. The van der Waals surface area contributed by atoms with Gasteiger partial charge in [0.05, 0.1) is 24.2 Å². The Morgan fingerprint density at radius 1 is 1.09 bits per heavy atom. The van der Waals surface area contributed by atoms with Gasteiger partial charge in [0.1, 0.15) is 11.9 Å². The maximum Gasteiger partial charge on any atom is 0.266 e. The van der Waals surface area contributed by atoms with Crippen LogP contribution in [0.1, 0.15) is 43.4 Å². The highest BCUT2D eigenvalue weighted by Crippen LogP contribution is 2.37. The molecule has 2 aromatic carbocycles. The smallest absolute Gasteiger partial charge is 0.266 e. The lowest BCUT2D eigenvalue weighted by atomic mass is 10.0. The van der Waals surface area contributed by atoms with Crippen LogP contribution in [0.5, 0.6) is 11.5 Å². The summed E-state index contributed by atoms with van der Waals surface area (Å²) < 4.78 is 52.6. The number of pyridine rings is 1. The summed E-state index contributed by atoms with van der Waals surface area (Å²) in [4.78, 5) is 4.41. The molecule has 1 atom stereocenters. The number of aromatic nitrogens is 1. The maximum absolute atomic E-state index is 14.6. The van der Waals surface area contributed by atoms with E-state index in [9.17, 15) is 13.2 Å². The van der Waals surface area contributed by atoms with Crippen LogP contribution in [0.25, 0.3) is 10.9 Å². The molecule has 8 heteroatoms. The van der Waals surface area contributed by atoms with Gasteiger partial charge in [0.15, 0.2) is 11.5 Å². The van der Waals surface area contributed by atoms with Crippen molar-refractivity contribution >= 4 is 16.6 Å². The summed E-state index contributed by atoms with van der Waals surface area (Å²) in [5.41, 5.74) is 0.950. The molecule has 170 valence electrons. The van der Waals surface area contributed by atoms with Crippen LogP contribution in [0.4, 0.5) is 18.9 Å². The van der Waals surface area contributed by atoms with Crippen molar-refractivity contribution in [1.82, 2.24) is 10.3 Å². The number of nitrogens with one attached hydrogen (secondary N) is 2. The molecule has 1 fully saturated rings. The van der Waals surface area contributed by atoms with Crippen LogP contribution in [0.2, 0.25) is 0 Å². The fourth-order valence-corrected chi connectivity index (χ4v) is 4.01. The van der Waals surface area contributed by atoms with E-state index < -0.39 is 23.8 Å². The van der Waals surface area contributed by atoms with E-state index in [2.05, 4.69) is 15.6 Å². The molecule has 1 aromatic heterocycles. The standard InChI is InChI=1S/C24H26F3N3O2/c1-14(16-4-3-5-17(23(16)25)24(26)27)30-19-8-11-29-20-13-21(31-2)22(12-18(19)20)32-15-6-9-28-10-7-15/h3-5,8,11-15,24,28H,6-7,9-10H2,1-2H3,(H,29,30)/t14-/m1/s1. The Balaban J connectivity index is 1.67. The first-order valence-corrected chi connectivity index (χ1v) is 10.6. The van der Waals surface area contributed by atoms with Crippen molar-refractivity contribution in [3.05, 3.63) is 59.5 Å². The highest BCUT2D eigenvalue weighted by atomic mass is 19.3. The zero-order chi connectivity index (χ0) is 22.7. The second kappa shape index (κ2) is 9.65. The molecule has 1 saturated heterocycles. The van der Waals surface area contributed by atoms with Gasteiger partial charge in [-0.3, -0.25) is 4.98 Å². The summed E-state index contributed by atoms with van der Waals surface area (Å²) in [5.74, 6) is 0.309. The van der Waals surface area contributed by atoms with Crippen LogP contribution in [-0.2, 0) is 0 Å². The zero-order valence-corrected chi connectivity index (χ0v) is 18.0. The third kappa shape index (κ3) is 4.60. The van der Waals surface area contributed by atoms with E-state index in [0.717, 1.165) is 37.4 Å². The van der Waals surface area contributed by atoms with Crippen molar-refractivity contribution in [2.75, 3.05) is 25.5 Å². The first-order valence-electron chi connectivity index (χ1n) is 10.6. The number of fused-ring (bicyclic) bond motifs is 1. The number of alkyl halides is 2. The number of halogens is 3. The molecule has 32 heavy (non-hydrogen) atoms. The van der Waals surface area contributed by atoms with Crippen molar-refractivity contribution in [2.24, 2.45) is 0 Å². The second-order valence-corrected chi connectivity index (χ2v) is 7.86. The number of methoxy groups -OCH3 is 1. The number of hydrogen-bond donors (Lipinski definition) is 2. The van der Waals surface area contributed by atoms with Gasteiger partial charge in [-0.15, -0.1) is 0 Å². The Kier molecular flexibility index (Phi) is 6.69. The van der Waals surface area contributed by atoms with E-state index in [4.69, 9.17) is 9.47 Å². The van der Waals surface area contributed by atoms with Crippen LogP contribution < -0.4 is 20.1 Å². The van der Waals surface area contributed by atoms with E-state index in [1.54, 1.807) is 32.4 Å². The SMILES string of the molecule is COc1cc2nccc(N[C@H](C)c3cccc(C(F)F)c3F)c2cc1OC1CCNCC1. The molecule has 2 heterocycles. The Labute approximate surface area is 184 Å². The number of benzene rings is 2. The summed E-state index contributed by atoms with van der Waals surface area (Å²) in [6, 6.07) is 8.96. The first-order chi connectivity index (χ1) is 15.5. The largest absolute Gasteiger partial charge is 0.493 e. The topological polar surface area (TPSA) is 55.4 Å². The lowest BCUT2D eigenvalue weighted by Crippen LogP contribution is -2.34. The van der Waals surface area contributed by atoms with E-state index in [1.807, 2.05) is 6.07 Å². The van der Waals surface area contributed by atoms with Gasteiger partial charge in [-0.25, -0.2) is 13.2 Å². The van der Waals surface area contributed by atoms with Crippen LogP contribution in [0.15, 0.2) is 42.6 Å². The summed E-state index contributed by atoms with van der Waals surface area (Å²) >= 11 is 0. The molecule has 0 saturated carbocycles. The zero-order valence-electron chi connectivity index (χ0n) is 18.0. The lowest BCUT2D eigenvalue weighted by molar-refractivity contribution is 0.146. The van der Waals surface area contributed by atoms with Gasteiger partial charge >= 0.3 is 0 Å². The predicted octanol–water partition coefficient (Wildman–Crippen LogP) is 5.62. The molecule has 0 radical (unpaired) electrons. The molecule has 3 aromatic rings. The van der Waals surface area contributed by atoms with Crippen LogP contribution >= 0.6 is 0 Å². The number of hydrogen-bond acceptors (Lipinski definition) is 5. The van der Waals surface area contributed by atoms with Gasteiger partial charge < -0.3 is 20.1 Å². The average Bonchev–Trinajstić information content (AvgIpc) is 2.79. The molecule has 0 bridgehead atoms. The third-order valence-electron chi connectivity index (χ3n) is 5.74. The second-order valence-electron chi connectivity index (χ2n) is 7.86. The van der Waals surface area contributed by atoms with Crippen molar-refractivity contribution in [2.45, 2.75) is 38.3 Å². The molecule has 0 amide bonds. The molecular formula is C24H26F3N3O2. The molecule has 1 aliphatic rings. The first kappa shape index (κ1) is 22.2. The van der Waals surface area contributed by atoms with Gasteiger partial charge in [-0.2, -0.15) is 0 Å². The Hall–Kier alpha value is -3.00. The molecular weight excluding hydrogens is 419 g/mol. The molecule has 4 rings (SSSR count). The Morgan fingerprint density at radius 2 is 1.84 bits per heavy atom. The quantitative estimate of drug-likeness (QED) is 0.494. The van der Waals surface area contributed by atoms with E-state index >= 15 is 0 Å². The summed E-state index contributed by atoms with van der Waals surface area (Å²) in [6.07, 6.45) is 0.648. The minimum Gasteiger partial charge on any atom is -0.493 e. The minimum atomic E-state index is -2.87. The number of anilines is 1. The summed E-state index contributed by atoms with van der Waals surface area (Å²) in [5, 5.41) is 7.33. The van der Waals surface area contributed by atoms with E-state index in [0.29, 0.717) is 22.7 Å². The van der Waals surface area contributed by atoms with Crippen LogP contribution in [-0.4, -0.2) is 31.3 Å². The van der Waals surface area contributed by atoms with Crippen molar-refractivity contribution in [3.63, 3.8) is 0 Å². The molecule has 5 nitrogen and oxygen atoms in total. The van der Waals surface area contributed by atoms with Gasteiger partial charge in [-0.05, 0) is 45.0 Å². The monoisotopic (exact) mass is 445 g/mol. The summed E-state index contributed by atoms with van der Waals surface area (Å²) in [6.45, 7) is 3.53. The molecule has 2 N–H and O–H groups in total. The van der Waals surface area contributed by atoms with Gasteiger partial charge in [0.2, 0.25) is 0 Å². The fourth-order valence-electron chi connectivity index (χ4n) is 4.01. The minimum absolute atomic E-state index is 0.0841. The predicted molar refractivity (Wildman–Crippen MR) is 118 cm³/mol. The Morgan fingerprint density at radius 3 is 2.56 bits per heavy atom. The van der Waals surface area contributed by atoms with Crippen molar-refractivity contribution in [1.29, 1.82) is 0 Å². The van der Waals surface area contributed by atoms with Crippen LogP contribution in [0, 0.1) is 5.82 Å². The van der Waals surface area contributed by atoms with Crippen molar-refractivity contribution < 1.29 is 22.6 Å². The molecule has 0 aliphatic carbocycles. The van der Waals surface area contributed by atoms with Gasteiger partial charge in [-0.1, -0.05) is 18.2 Å².